The summed E-state index contributed by atoms with van der Waals surface area (Å²) in [6.07, 6.45) is 4.70. The molecule has 21 heavy (non-hydrogen) atoms. The minimum absolute atomic E-state index is 0.0485. The van der Waals surface area contributed by atoms with E-state index in [2.05, 4.69) is 12.1 Å². The lowest BCUT2D eigenvalue weighted by molar-refractivity contribution is 0.103. The Morgan fingerprint density at radius 1 is 1.05 bits per heavy atom. The zero-order chi connectivity index (χ0) is 14.7. The van der Waals surface area contributed by atoms with Gasteiger partial charge in [0.15, 0.2) is 5.78 Å². The molecule has 0 N–H and O–H groups in total. The second-order valence-corrected chi connectivity index (χ2v) is 5.45. The first kappa shape index (κ1) is 13.9. The predicted molar refractivity (Wildman–Crippen MR) is 84.1 cm³/mol. The highest BCUT2D eigenvalue weighted by atomic mass is 16.5. The van der Waals surface area contributed by atoms with E-state index in [1.807, 2.05) is 37.3 Å². The molecule has 0 radical (unpaired) electrons. The Balaban J connectivity index is 1.95. The number of para-hydroxylation sites is 1. The SMILES string of the molecule is CCOc1ccccc1C(=O)c1ccc2c(c1)CCCC2. The molecule has 0 atom stereocenters. The highest BCUT2D eigenvalue weighted by molar-refractivity contribution is 6.10. The first-order valence-electron chi connectivity index (χ1n) is 7.68. The van der Waals surface area contributed by atoms with Crippen molar-refractivity contribution >= 4 is 5.78 Å². The molecular formula is C19H20O2. The van der Waals surface area contributed by atoms with Gasteiger partial charge in [-0.2, -0.15) is 0 Å². The van der Waals surface area contributed by atoms with Crippen molar-refractivity contribution in [1.29, 1.82) is 0 Å². The van der Waals surface area contributed by atoms with E-state index in [0.717, 1.165) is 18.4 Å². The molecule has 2 heteroatoms. The van der Waals surface area contributed by atoms with Crippen LogP contribution in [-0.2, 0) is 12.8 Å². The van der Waals surface area contributed by atoms with Gasteiger partial charge in [0, 0.05) is 5.56 Å². The van der Waals surface area contributed by atoms with E-state index in [1.54, 1.807) is 0 Å². The first-order valence-corrected chi connectivity index (χ1v) is 7.68. The normalized spacial score (nSPS) is 13.6. The second-order valence-electron chi connectivity index (χ2n) is 5.45. The molecule has 108 valence electrons. The van der Waals surface area contributed by atoms with Crippen LogP contribution in [0, 0.1) is 0 Å². The lowest BCUT2D eigenvalue weighted by Gasteiger charge is -2.16. The van der Waals surface area contributed by atoms with Gasteiger partial charge in [-0.25, -0.2) is 0 Å². The Bertz CT molecular complexity index is 658. The summed E-state index contributed by atoms with van der Waals surface area (Å²) in [7, 11) is 0. The van der Waals surface area contributed by atoms with Crippen LogP contribution in [0.4, 0.5) is 0 Å². The van der Waals surface area contributed by atoms with Crippen molar-refractivity contribution in [2.24, 2.45) is 0 Å². The minimum atomic E-state index is 0.0485. The smallest absolute Gasteiger partial charge is 0.196 e. The van der Waals surface area contributed by atoms with Gasteiger partial charge < -0.3 is 4.74 Å². The van der Waals surface area contributed by atoms with Crippen molar-refractivity contribution < 1.29 is 9.53 Å². The molecule has 0 heterocycles. The lowest BCUT2D eigenvalue weighted by Crippen LogP contribution is -2.08. The summed E-state index contributed by atoms with van der Waals surface area (Å²) >= 11 is 0. The number of carbonyl (C=O) groups is 1. The Hall–Kier alpha value is -2.09. The predicted octanol–water partition coefficient (Wildman–Crippen LogP) is 4.20. The van der Waals surface area contributed by atoms with Gasteiger partial charge in [-0.3, -0.25) is 4.79 Å². The fourth-order valence-corrected chi connectivity index (χ4v) is 2.97. The van der Waals surface area contributed by atoms with E-state index in [0.29, 0.717) is 17.9 Å². The second kappa shape index (κ2) is 6.13. The average Bonchev–Trinajstić information content (AvgIpc) is 2.54. The van der Waals surface area contributed by atoms with Gasteiger partial charge in [0.25, 0.3) is 0 Å². The summed E-state index contributed by atoms with van der Waals surface area (Å²) in [5.74, 6) is 0.718. The van der Waals surface area contributed by atoms with Gasteiger partial charge in [-0.1, -0.05) is 24.3 Å². The number of benzene rings is 2. The van der Waals surface area contributed by atoms with E-state index < -0.39 is 0 Å². The molecule has 0 aliphatic heterocycles. The number of rotatable bonds is 4. The number of carbonyl (C=O) groups excluding carboxylic acids is 1. The van der Waals surface area contributed by atoms with Gasteiger partial charge in [-0.05, 0) is 61.9 Å². The highest BCUT2D eigenvalue weighted by Crippen LogP contribution is 2.26. The standard InChI is InChI=1S/C19H20O2/c1-2-21-18-10-6-5-9-17(18)19(20)16-12-11-14-7-3-4-8-15(14)13-16/h5-6,9-13H,2-4,7-8H2,1H3. The molecule has 0 bridgehead atoms. The van der Waals surface area contributed by atoms with E-state index in [4.69, 9.17) is 4.74 Å². The highest BCUT2D eigenvalue weighted by Gasteiger charge is 2.17. The molecule has 0 saturated carbocycles. The van der Waals surface area contributed by atoms with Gasteiger partial charge in [0.05, 0.1) is 12.2 Å². The van der Waals surface area contributed by atoms with Crippen LogP contribution in [0.3, 0.4) is 0 Å². The van der Waals surface area contributed by atoms with Crippen LogP contribution in [0.5, 0.6) is 5.75 Å². The zero-order valence-electron chi connectivity index (χ0n) is 12.4. The van der Waals surface area contributed by atoms with Crippen LogP contribution in [0.15, 0.2) is 42.5 Å². The molecule has 0 fully saturated rings. The van der Waals surface area contributed by atoms with E-state index in [-0.39, 0.29) is 5.78 Å². The van der Waals surface area contributed by atoms with Crippen molar-refractivity contribution in [3.05, 3.63) is 64.7 Å². The van der Waals surface area contributed by atoms with Crippen molar-refractivity contribution in [2.75, 3.05) is 6.61 Å². The summed E-state index contributed by atoms with van der Waals surface area (Å²) in [5.41, 5.74) is 4.15. The van der Waals surface area contributed by atoms with Gasteiger partial charge >= 0.3 is 0 Å². The summed E-state index contributed by atoms with van der Waals surface area (Å²) in [6.45, 7) is 2.49. The Morgan fingerprint density at radius 3 is 2.62 bits per heavy atom. The minimum Gasteiger partial charge on any atom is -0.493 e. The van der Waals surface area contributed by atoms with E-state index in [1.165, 1.54) is 24.0 Å². The third kappa shape index (κ3) is 2.85. The maximum absolute atomic E-state index is 12.7. The number of hydrogen-bond acceptors (Lipinski definition) is 2. The van der Waals surface area contributed by atoms with Crippen LogP contribution >= 0.6 is 0 Å². The average molecular weight is 280 g/mol. The molecule has 0 spiro atoms. The fraction of sp³-hybridized carbons (Fsp3) is 0.316. The molecule has 0 unspecified atom stereocenters. The van der Waals surface area contributed by atoms with Crippen LogP contribution < -0.4 is 4.74 Å². The maximum Gasteiger partial charge on any atom is 0.196 e. The Kier molecular flexibility index (Phi) is 4.05. The number of fused-ring (bicyclic) bond motifs is 1. The van der Waals surface area contributed by atoms with Crippen molar-refractivity contribution in [3.8, 4) is 5.75 Å². The maximum atomic E-state index is 12.7. The molecule has 1 aliphatic rings. The van der Waals surface area contributed by atoms with Gasteiger partial charge in [0.2, 0.25) is 0 Å². The molecule has 2 aromatic carbocycles. The van der Waals surface area contributed by atoms with Crippen LogP contribution in [0.2, 0.25) is 0 Å². The monoisotopic (exact) mass is 280 g/mol. The number of ketones is 1. The molecule has 2 aromatic rings. The van der Waals surface area contributed by atoms with E-state index >= 15 is 0 Å². The largest absolute Gasteiger partial charge is 0.493 e. The number of hydrogen-bond donors (Lipinski definition) is 0. The number of ether oxygens (including phenoxy) is 1. The Labute approximate surface area is 125 Å². The first-order chi connectivity index (χ1) is 10.3. The molecule has 0 amide bonds. The number of aryl methyl sites for hydroxylation is 2. The molecule has 0 aromatic heterocycles. The van der Waals surface area contributed by atoms with Gasteiger partial charge in [-0.15, -0.1) is 0 Å². The fourth-order valence-electron chi connectivity index (χ4n) is 2.97. The summed E-state index contributed by atoms with van der Waals surface area (Å²) in [5, 5.41) is 0. The third-order valence-electron chi connectivity index (χ3n) is 4.04. The zero-order valence-corrected chi connectivity index (χ0v) is 12.4. The molecule has 3 rings (SSSR count). The summed E-state index contributed by atoms with van der Waals surface area (Å²) in [6, 6.07) is 13.6. The van der Waals surface area contributed by atoms with Crippen LogP contribution in [0.25, 0.3) is 0 Å². The van der Waals surface area contributed by atoms with Crippen LogP contribution in [-0.4, -0.2) is 12.4 Å². The van der Waals surface area contributed by atoms with Crippen molar-refractivity contribution in [3.63, 3.8) is 0 Å². The lowest BCUT2D eigenvalue weighted by atomic mass is 9.89. The van der Waals surface area contributed by atoms with Crippen LogP contribution in [0.1, 0.15) is 46.8 Å². The molecule has 0 saturated heterocycles. The van der Waals surface area contributed by atoms with Crippen molar-refractivity contribution in [1.82, 2.24) is 0 Å². The van der Waals surface area contributed by atoms with Gasteiger partial charge in [0.1, 0.15) is 5.75 Å². The summed E-state index contributed by atoms with van der Waals surface area (Å²) < 4.78 is 5.57. The van der Waals surface area contributed by atoms with E-state index in [9.17, 15) is 4.79 Å². The third-order valence-corrected chi connectivity index (χ3v) is 4.04. The quantitative estimate of drug-likeness (QED) is 0.785. The van der Waals surface area contributed by atoms with Crippen molar-refractivity contribution in [2.45, 2.75) is 32.6 Å². The topological polar surface area (TPSA) is 26.3 Å². The molecule has 1 aliphatic carbocycles. The summed E-state index contributed by atoms with van der Waals surface area (Å²) in [4.78, 5) is 12.7. The Morgan fingerprint density at radius 2 is 1.81 bits per heavy atom. The molecular weight excluding hydrogens is 260 g/mol. The molecule has 2 nitrogen and oxygen atoms in total.